The van der Waals surface area contributed by atoms with Gasteiger partial charge in [-0.15, -0.1) is 0 Å². The second-order valence-corrected chi connectivity index (χ2v) is 19.9. The van der Waals surface area contributed by atoms with Crippen molar-refractivity contribution in [2.24, 2.45) is 0 Å². The largest absolute Gasteiger partial charge is 0.417 e. The zero-order valence-corrected chi connectivity index (χ0v) is 44.2. The summed E-state index contributed by atoms with van der Waals surface area (Å²) in [6, 6.07) is 67.6. The van der Waals surface area contributed by atoms with Crippen molar-refractivity contribution in [2.75, 3.05) is 0 Å². The van der Waals surface area contributed by atoms with Crippen LogP contribution in [0.15, 0.2) is 176 Å². The second kappa shape index (κ2) is 20.9. The van der Waals surface area contributed by atoms with Gasteiger partial charge < -0.3 is 9.13 Å². The smallest absolute Gasteiger partial charge is 0.309 e. The molecule has 0 bridgehead atoms. The van der Waals surface area contributed by atoms with Crippen LogP contribution in [0, 0.1) is 113 Å². The van der Waals surface area contributed by atoms with Crippen LogP contribution in [0.25, 0.3) is 111 Å². The number of benzene rings is 10. The minimum atomic E-state index is -5.03. The van der Waals surface area contributed by atoms with E-state index in [0.29, 0.717) is 88.1 Å². The molecule has 0 fully saturated rings. The Labute approximate surface area is 487 Å². The summed E-state index contributed by atoms with van der Waals surface area (Å²) in [7, 11) is 0. The molecule has 12 nitrogen and oxygen atoms in total. The monoisotopic (exact) mass is 1110 g/mol. The van der Waals surface area contributed by atoms with Gasteiger partial charge in [0.05, 0.1) is 149 Å². The Kier molecular flexibility index (Phi) is 12.9. The molecule has 2 aromatic heterocycles. The van der Waals surface area contributed by atoms with Gasteiger partial charge in [-0.25, -0.2) is 0 Å². The molecule has 0 aliphatic heterocycles. The highest BCUT2D eigenvalue weighted by atomic mass is 19.4. The van der Waals surface area contributed by atoms with Crippen molar-refractivity contribution in [3.8, 4) is 128 Å². The van der Waals surface area contributed by atoms with Crippen molar-refractivity contribution in [1.29, 1.82) is 52.6 Å². The lowest BCUT2D eigenvalue weighted by molar-refractivity contribution is -0.137. The fraction of sp³-hybridized carbons (Fsp3) is 0.0141. The Hall–Kier alpha value is -13.5. The van der Waals surface area contributed by atoms with Crippen molar-refractivity contribution in [2.45, 2.75) is 6.18 Å². The molecule has 86 heavy (non-hydrogen) atoms. The lowest BCUT2D eigenvalue weighted by atomic mass is 9.91. The molecule has 0 N–H and O–H groups in total. The molecule has 12 aromatic rings. The number of nitriles is 10. The SMILES string of the molecule is N#Cc1ccc(-c2ccc3c(c2)c2cc(-c4ccc(C#N)cc4C#N)ccc2n3-c2cc(-c3c(C#N)cccc3C(F)(F)F)c(-n3c4ccc(-c5ccc(C#N)cc5C#N)cc4c4cc(-c5ccc(C#N)cc5C#N)ccc43)cc2C#N)c(C#N)c1. The number of rotatable bonds is 7. The fourth-order valence-corrected chi connectivity index (χ4v) is 11.5. The highest BCUT2D eigenvalue weighted by Gasteiger charge is 2.36. The molecular weight excluding hydrogens is 1080 g/mol. The van der Waals surface area contributed by atoms with Crippen LogP contribution in [0.5, 0.6) is 0 Å². The first-order valence-corrected chi connectivity index (χ1v) is 25.9. The van der Waals surface area contributed by atoms with Crippen LogP contribution in [0.4, 0.5) is 13.2 Å². The van der Waals surface area contributed by atoms with E-state index in [0.717, 1.165) is 12.1 Å². The minimum absolute atomic E-state index is 0.0212. The molecule has 394 valence electrons. The Balaban J connectivity index is 1.21. The highest BCUT2D eigenvalue weighted by molar-refractivity contribution is 6.14. The number of nitrogens with zero attached hydrogens (tertiary/aromatic N) is 12. The maximum atomic E-state index is 15.8. The van der Waals surface area contributed by atoms with Gasteiger partial charge in [0.2, 0.25) is 0 Å². The van der Waals surface area contributed by atoms with Crippen molar-refractivity contribution in [3.63, 3.8) is 0 Å². The topological polar surface area (TPSA) is 248 Å². The number of fused-ring (bicyclic) bond motifs is 6. The van der Waals surface area contributed by atoms with Gasteiger partial charge in [-0.1, -0.05) is 54.6 Å². The molecule has 0 spiro atoms. The molecule has 0 atom stereocenters. The molecule has 0 amide bonds. The molecule has 0 aliphatic carbocycles. The maximum Gasteiger partial charge on any atom is 0.417 e. The molecule has 0 saturated heterocycles. The Morgan fingerprint density at radius 3 is 0.907 bits per heavy atom. The third kappa shape index (κ3) is 8.64. The molecule has 0 radical (unpaired) electrons. The van der Waals surface area contributed by atoms with E-state index >= 15 is 13.2 Å². The average Bonchev–Trinajstić information content (AvgIpc) is 1.72. The summed E-state index contributed by atoms with van der Waals surface area (Å²) >= 11 is 0. The van der Waals surface area contributed by atoms with Gasteiger partial charge in [-0.2, -0.15) is 65.8 Å². The second-order valence-electron chi connectivity index (χ2n) is 19.9. The first-order chi connectivity index (χ1) is 41.8. The maximum absolute atomic E-state index is 15.8. The lowest BCUT2D eigenvalue weighted by Gasteiger charge is -2.22. The summed E-state index contributed by atoms with van der Waals surface area (Å²) in [5, 5.41) is 105. The summed E-state index contributed by atoms with van der Waals surface area (Å²) < 4.78 is 50.9. The molecule has 10 aromatic carbocycles. The Morgan fingerprint density at radius 2 is 0.605 bits per heavy atom. The number of halogens is 3. The summed E-state index contributed by atoms with van der Waals surface area (Å²) in [4.78, 5) is 0. The van der Waals surface area contributed by atoms with Crippen LogP contribution in [-0.4, -0.2) is 9.13 Å². The van der Waals surface area contributed by atoms with Crippen molar-refractivity contribution in [1.82, 2.24) is 9.13 Å². The third-order valence-electron chi connectivity index (χ3n) is 15.3. The van der Waals surface area contributed by atoms with Crippen LogP contribution in [0.1, 0.15) is 61.2 Å². The van der Waals surface area contributed by atoms with Gasteiger partial charge in [0.1, 0.15) is 6.07 Å². The van der Waals surface area contributed by atoms with Crippen LogP contribution in [0.2, 0.25) is 0 Å². The molecule has 2 heterocycles. The van der Waals surface area contributed by atoms with E-state index in [4.69, 9.17) is 0 Å². The van der Waals surface area contributed by atoms with E-state index in [1.165, 1.54) is 42.5 Å². The van der Waals surface area contributed by atoms with Crippen LogP contribution >= 0.6 is 0 Å². The van der Waals surface area contributed by atoms with Gasteiger partial charge in [-0.3, -0.25) is 0 Å². The van der Waals surface area contributed by atoms with E-state index in [-0.39, 0.29) is 72.6 Å². The van der Waals surface area contributed by atoms with E-state index in [9.17, 15) is 52.6 Å². The van der Waals surface area contributed by atoms with Crippen LogP contribution in [-0.2, 0) is 6.18 Å². The lowest BCUT2D eigenvalue weighted by Crippen LogP contribution is -2.11. The predicted octanol–water partition coefficient (Wildman–Crippen LogP) is 16.0. The summed E-state index contributed by atoms with van der Waals surface area (Å²) in [6.45, 7) is 0. The van der Waals surface area contributed by atoms with Gasteiger partial charge >= 0.3 is 6.18 Å². The number of alkyl halides is 3. The van der Waals surface area contributed by atoms with Crippen molar-refractivity contribution < 1.29 is 13.2 Å². The minimum Gasteiger partial charge on any atom is -0.309 e. The number of hydrogen-bond acceptors (Lipinski definition) is 10. The molecule has 0 aliphatic rings. The van der Waals surface area contributed by atoms with E-state index in [1.807, 2.05) is 30.3 Å². The molecule has 15 heteroatoms. The first-order valence-electron chi connectivity index (χ1n) is 25.9. The first kappa shape index (κ1) is 53.1. The molecular formula is C71H29F3N12. The Morgan fingerprint density at radius 1 is 0.279 bits per heavy atom. The quantitative estimate of drug-likeness (QED) is 0.146. The normalized spacial score (nSPS) is 10.8. The van der Waals surface area contributed by atoms with Gasteiger partial charge in [-0.05, 0) is 166 Å². The van der Waals surface area contributed by atoms with Crippen LogP contribution < -0.4 is 0 Å². The zero-order valence-electron chi connectivity index (χ0n) is 44.2. The average molecular weight is 1110 g/mol. The molecule has 12 rings (SSSR count). The van der Waals surface area contributed by atoms with Gasteiger partial charge in [0, 0.05) is 32.7 Å². The zero-order chi connectivity index (χ0) is 60.1. The number of hydrogen-bond donors (Lipinski definition) is 0. The fourth-order valence-electron chi connectivity index (χ4n) is 11.5. The van der Waals surface area contributed by atoms with E-state index in [2.05, 4.69) is 54.6 Å². The Bertz CT molecular complexity index is 5230. The summed E-state index contributed by atoms with van der Waals surface area (Å²) in [5.41, 5.74) is 5.91. The van der Waals surface area contributed by atoms with Crippen LogP contribution in [0.3, 0.4) is 0 Å². The van der Waals surface area contributed by atoms with Gasteiger partial charge in [0.15, 0.2) is 0 Å². The predicted molar refractivity (Wildman–Crippen MR) is 314 cm³/mol. The summed E-state index contributed by atoms with van der Waals surface area (Å²) in [5.74, 6) is 0. The van der Waals surface area contributed by atoms with Crippen molar-refractivity contribution in [3.05, 3.63) is 237 Å². The van der Waals surface area contributed by atoms with E-state index < -0.39 is 17.3 Å². The molecule has 0 unspecified atom stereocenters. The van der Waals surface area contributed by atoms with E-state index in [1.54, 1.807) is 106 Å². The highest BCUT2D eigenvalue weighted by Crippen LogP contribution is 2.48. The third-order valence-corrected chi connectivity index (χ3v) is 15.3. The standard InChI is InChI=1S/C71H29F3N12/c72-71(73,74)63-3-1-2-48(34-79)70(63)62-29-68(85-64-16-8-44(54-12-4-40(30-75)20-49(54)35-80)24-58(64)59-25-45(9-17-65(59)85)55-13-5-41(31-76)21-50(55)36-81)53(39-84)28-69(62)86-66-18-10-46(56-14-6-42(32-77)22-51(56)37-82)26-60(66)61-27-47(11-19-67(61)86)57-15-7-43(33-78)23-52(57)38-83/h1-29H. The molecule has 0 saturated carbocycles. The van der Waals surface area contributed by atoms with Gasteiger partial charge in [0.25, 0.3) is 0 Å². The summed E-state index contributed by atoms with van der Waals surface area (Å²) in [6.07, 6.45) is -5.03. The number of aromatic nitrogens is 2. The van der Waals surface area contributed by atoms with Crippen molar-refractivity contribution >= 4 is 43.6 Å².